The summed E-state index contributed by atoms with van der Waals surface area (Å²) in [5.74, 6) is -0.250. The molecule has 3 heteroatoms. The fraction of sp³-hybridized carbons (Fsp3) is 0.533. The lowest BCUT2D eigenvalue weighted by atomic mass is 9.77. The third kappa shape index (κ3) is 2.41. The van der Waals surface area contributed by atoms with Crippen LogP contribution in [0.1, 0.15) is 44.6 Å². The van der Waals surface area contributed by atoms with Crippen LogP contribution in [0.15, 0.2) is 30.3 Å². The molecule has 2 unspecified atom stereocenters. The summed E-state index contributed by atoms with van der Waals surface area (Å²) in [5.41, 5.74) is 0.0612. The Morgan fingerprint density at radius 2 is 2.11 bits per heavy atom. The van der Waals surface area contributed by atoms with Crippen molar-refractivity contribution >= 4 is 5.97 Å². The van der Waals surface area contributed by atoms with Gasteiger partial charge in [0.05, 0.1) is 6.10 Å². The Kier molecular flexibility index (Phi) is 4.02. The van der Waals surface area contributed by atoms with Gasteiger partial charge in [0.1, 0.15) is 0 Å². The minimum absolute atomic E-state index is 0.250. The summed E-state index contributed by atoms with van der Waals surface area (Å²) in [6.07, 6.45) is 3.07. The molecular weight excluding hydrogens is 228 g/mol. The summed E-state index contributed by atoms with van der Waals surface area (Å²) in [6.45, 7) is 1.77. The number of carbonyl (C=O) groups is 1. The molecule has 1 saturated carbocycles. The molecule has 0 spiro atoms. The number of esters is 1. The van der Waals surface area contributed by atoms with Gasteiger partial charge in [0.25, 0.3) is 0 Å². The fourth-order valence-corrected chi connectivity index (χ4v) is 2.64. The monoisotopic (exact) mass is 248 g/mol. The van der Waals surface area contributed by atoms with Crippen LogP contribution < -0.4 is 0 Å². The zero-order valence-corrected chi connectivity index (χ0v) is 10.8. The molecule has 0 aromatic heterocycles. The van der Waals surface area contributed by atoms with Crippen molar-refractivity contribution in [2.45, 2.75) is 50.7 Å². The van der Waals surface area contributed by atoms with Crippen LogP contribution in [-0.4, -0.2) is 17.2 Å². The van der Waals surface area contributed by atoms with Gasteiger partial charge in [0, 0.05) is 6.42 Å². The van der Waals surface area contributed by atoms with Crippen molar-refractivity contribution in [2.75, 3.05) is 0 Å². The molecular formula is C15H20O3. The molecule has 1 N–H and O–H groups in total. The van der Waals surface area contributed by atoms with Crippen LogP contribution in [0.4, 0.5) is 0 Å². The zero-order chi connectivity index (χ0) is 13.0. The normalized spacial score (nSPS) is 27.8. The number of benzene rings is 1. The second-order valence-corrected chi connectivity index (χ2v) is 4.84. The van der Waals surface area contributed by atoms with Crippen LogP contribution in [0.25, 0.3) is 0 Å². The Labute approximate surface area is 108 Å². The molecule has 0 saturated heterocycles. The van der Waals surface area contributed by atoms with Gasteiger partial charge in [-0.25, -0.2) is 0 Å². The summed E-state index contributed by atoms with van der Waals surface area (Å²) >= 11 is 0. The molecule has 1 aliphatic rings. The van der Waals surface area contributed by atoms with Gasteiger partial charge in [-0.2, -0.15) is 0 Å². The first kappa shape index (κ1) is 13.1. The highest BCUT2D eigenvalue weighted by Crippen LogP contribution is 2.41. The largest absolute Gasteiger partial charge is 0.451 e. The second-order valence-electron chi connectivity index (χ2n) is 4.84. The van der Waals surface area contributed by atoms with Crippen molar-refractivity contribution in [3.63, 3.8) is 0 Å². The maximum Gasteiger partial charge on any atom is 0.306 e. The van der Waals surface area contributed by atoms with Gasteiger partial charge in [-0.3, -0.25) is 4.79 Å². The molecule has 0 heterocycles. The Morgan fingerprint density at radius 3 is 2.72 bits per heavy atom. The first-order valence-corrected chi connectivity index (χ1v) is 6.64. The molecule has 1 aromatic rings. The van der Waals surface area contributed by atoms with E-state index in [1.165, 1.54) is 0 Å². The van der Waals surface area contributed by atoms with E-state index in [0.717, 1.165) is 18.4 Å². The van der Waals surface area contributed by atoms with Crippen LogP contribution in [0.5, 0.6) is 0 Å². The van der Waals surface area contributed by atoms with Crippen molar-refractivity contribution in [2.24, 2.45) is 0 Å². The number of aliphatic hydroxyl groups is 1. The van der Waals surface area contributed by atoms with Crippen molar-refractivity contribution in [1.82, 2.24) is 0 Å². The van der Waals surface area contributed by atoms with Crippen LogP contribution in [0.2, 0.25) is 0 Å². The number of rotatable bonds is 3. The van der Waals surface area contributed by atoms with Gasteiger partial charge >= 0.3 is 5.97 Å². The highest BCUT2D eigenvalue weighted by atomic mass is 16.6. The lowest BCUT2D eigenvalue weighted by Gasteiger charge is -2.41. The Morgan fingerprint density at radius 1 is 1.39 bits per heavy atom. The molecule has 98 valence electrons. The lowest BCUT2D eigenvalue weighted by molar-refractivity contribution is -0.183. The van der Waals surface area contributed by atoms with Gasteiger partial charge in [-0.05, 0) is 24.8 Å². The number of ether oxygens (including phenoxy) is 1. The summed E-state index contributed by atoms with van der Waals surface area (Å²) < 4.78 is 5.64. The van der Waals surface area contributed by atoms with Gasteiger partial charge in [-0.15, -0.1) is 0 Å². The van der Waals surface area contributed by atoms with Crippen LogP contribution in [-0.2, 0) is 15.1 Å². The first-order valence-electron chi connectivity index (χ1n) is 6.64. The summed E-state index contributed by atoms with van der Waals surface area (Å²) in [5, 5.41) is 10.3. The summed E-state index contributed by atoms with van der Waals surface area (Å²) in [4.78, 5) is 11.7. The molecule has 0 amide bonds. The van der Waals surface area contributed by atoms with E-state index in [0.29, 0.717) is 19.3 Å². The van der Waals surface area contributed by atoms with E-state index in [1.54, 1.807) is 6.92 Å². The van der Waals surface area contributed by atoms with E-state index in [1.807, 2.05) is 30.3 Å². The molecule has 3 nitrogen and oxygen atoms in total. The van der Waals surface area contributed by atoms with Gasteiger partial charge in [0.2, 0.25) is 0 Å². The van der Waals surface area contributed by atoms with Gasteiger partial charge in [-0.1, -0.05) is 43.7 Å². The molecule has 0 aliphatic heterocycles. The molecule has 1 aliphatic carbocycles. The predicted octanol–water partition coefficient (Wildman–Crippen LogP) is 2.77. The molecule has 2 atom stereocenters. The third-order valence-corrected chi connectivity index (χ3v) is 3.66. The predicted molar refractivity (Wildman–Crippen MR) is 69.0 cm³/mol. The zero-order valence-electron chi connectivity index (χ0n) is 10.8. The maximum atomic E-state index is 11.7. The topological polar surface area (TPSA) is 46.5 Å². The van der Waals surface area contributed by atoms with E-state index in [-0.39, 0.29) is 5.97 Å². The van der Waals surface area contributed by atoms with Crippen LogP contribution in [0.3, 0.4) is 0 Å². The molecule has 0 radical (unpaired) electrons. The summed E-state index contributed by atoms with van der Waals surface area (Å²) in [7, 11) is 0. The standard InChI is InChI=1S/C15H20O3/c1-2-14(17)18-15(11-7-6-10-13(15)16)12-8-4-3-5-9-12/h3-5,8-9,13,16H,2,6-7,10-11H2,1H3. The van der Waals surface area contributed by atoms with Crippen LogP contribution in [0, 0.1) is 0 Å². The fourth-order valence-electron chi connectivity index (χ4n) is 2.64. The maximum absolute atomic E-state index is 11.7. The first-order chi connectivity index (χ1) is 8.69. The van der Waals surface area contributed by atoms with E-state index < -0.39 is 11.7 Å². The highest BCUT2D eigenvalue weighted by Gasteiger charge is 2.44. The lowest BCUT2D eigenvalue weighted by Crippen LogP contribution is -2.46. The number of hydrogen-bond donors (Lipinski definition) is 1. The minimum atomic E-state index is -0.841. The Bertz CT molecular complexity index is 401. The van der Waals surface area contributed by atoms with Gasteiger partial charge < -0.3 is 9.84 Å². The Balaban J connectivity index is 2.35. The van der Waals surface area contributed by atoms with Crippen molar-refractivity contribution in [3.05, 3.63) is 35.9 Å². The number of aliphatic hydroxyl groups excluding tert-OH is 1. The third-order valence-electron chi connectivity index (χ3n) is 3.66. The van der Waals surface area contributed by atoms with Gasteiger partial charge in [0.15, 0.2) is 5.60 Å². The highest BCUT2D eigenvalue weighted by molar-refractivity contribution is 5.69. The average molecular weight is 248 g/mol. The smallest absolute Gasteiger partial charge is 0.306 e. The van der Waals surface area contributed by atoms with E-state index in [2.05, 4.69) is 0 Å². The molecule has 2 rings (SSSR count). The van der Waals surface area contributed by atoms with E-state index >= 15 is 0 Å². The SMILES string of the molecule is CCC(=O)OC1(c2ccccc2)CCCCC1O. The van der Waals surface area contributed by atoms with Crippen molar-refractivity contribution in [3.8, 4) is 0 Å². The van der Waals surface area contributed by atoms with E-state index in [9.17, 15) is 9.90 Å². The Hall–Kier alpha value is -1.35. The number of hydrogen-bond acceptors (Lipinski definition) is 3. The van der Waals surface area contributed by atoms with E-state index in [4.69, 9.17) is 4.74 Å². The van der Waals surface area contributed by atoms with Crippen LogP contribution >= 0.6 is 0 Å². The van der Waals surface area contributed by atoms with Crippen molar-refractivity contribution in [1.29, 1.82) is 0 Å². The molecule has 1 fully saturated rings. The molecule has 1 aromatic carbocycles. The number of carbonyl (C=O) groups excluding carboxylic acids is 1. The second kappa shape index (κ2) is 5.53. The molecule has 0 bridgehead atoms. The minimum Gasteiger partial charge on any atom is -0.451 e. The summed E-state index contributed by atoms with van der Waals surface area (Å²) in [6, 6.07) is 9.61. The quantitative estimate of drug-likeness (QED) is 0.837. The van der Waals surface area contributed by atoms with Crippen molar-refractivity contribution < 1.29 is 14.6 Å². The molecule has 18 heavy (non-hydrogen) atoms. The average Bonchev–Trinajstić information content (AvgIpc) is 2.42.